The smallest absolute Gasteiger partial charge is 0.202 e. The molecule has 1 aliphatic rings. The lowest BCUT2D eigenvalue weighted by Gasteiger charge is -2.25. The van der Waals surface area contributed by atoms with E-state index in [1.54, 1.807) is 11.3 Å². The molecule has 0 aliphatic carbocycles. The maximum absolute atomic E-state index is 6.81. The third-order valence-electron chi connectivity index (χ3n) is 7.82. The number of imidazole rings is 1. The van der Waals surface area contributed by atoms with Crippen LogP contribution in [0.15, 0.2) is 101 Å². The molecule has 0 N–H and O–H groups in total. The van der Waals surface area contributed by atoms with Crippen molar-refractivity contribution in [2.45, 2.75) is 23.3 Å². The number of nitrogens with zero attached hydrogens (tertiary/aromatic N) is 8. The molecule has 8 rings (SSSR count). The Bertz CT molecular complexity index is 2120. The third-order valence-corrected chi connectivity index (χ3v) is 9.95. The lowest BCUT2D eigenvalue weighted by molar-refractivity contribution is 0.0330. The largest absolute Gasteiger partial charge is 0.379 e. The number of fused-ring (bicyclic) bond motifs is 2. The normalized spacial score (nSPS) is 14.1. The van der Waals surface area contributed by atoms with Crippen LogP contribution in [0.4, 0.5) is 0 Å². The Labute approximate surface area is 272 Å². The van der Waals surface area contributed by atoms with Crippen molar-refractivity contribution in [3.05, 3.63) is 107 Å². The summed E-state index contributed by atoms with van der Waals surface area (Å²) in [5.41, 5.74) is 4.98. The van der Waals surface area contributed by atoms with Crippen LogP contribution in [0.25, 0.3) is 38.1 Å². The molecule has 0 radical (unpaired) electrons. The molecule has 0 unspecified atom stereocenters. The molecular formula is C33H27ClN8OS2. The summed E-state index contributed by atoms with van der Waals surface area (Å²) in [6.07, 6.45) is 1.84. The van der Waals surface area contributed by atoms with Crippen molar-refractivity contribution in [2.75, 3.05) is 26.3 Å². The molecule has 0 bridgehead atoms. The monoisotopic (exact) mass is 650 g/mol. The molecule has 1 fully saturated rings. The third kappa shape index (κ3) is 5.62. The highest BCUT2D eigenvalue weighted by atomic mass is 35.5. The number of halogens is 1. The average molecular weight is 651 g/mol. The number of morpholine rings is 1. The summed E-state index contributed by atoms with van der Waals surface area (Å²) in [5, 5.41) is 14.7. The summed E-state index contributed by atoms with van der Waals surface area (Å²) in [6.45, 7) is 4.28. The van der Waals surface area contributed by atoms with Gasteiger partial charge in [-0.1, -0.05) is 66.2 Å². The Kier molecular flexibility index (Phi) is 7.77. The molecule has 5 heterocycles. The fourth-order valence-corrected chi connectivity index (χ4v) is 7.87. The number of benzene rings is 3. The number of thiophene rings is 1. The van der Waals surface area contributed by atoms with Crippen molar-refractivity contribution < 1.29 is 4.74 Å². The van der Waals surface area contributed by atoms with Crippen molar-refractivity contribution in [1.29, 1.82) is 0 Å². The van der Waals surface area contributed by atoms with Gasteiger partial charge < -0.3 is 9.30 Å². The summed E-state index contributed by atoms with van der Waals surface area (Å²) in [6, 6.07) is 26.2. The van der Waals surface area contributed by atoms with Gasteiger partial charge in [0.2, 0.25) is 5.16 Å². The first kappa shape index (κ1) is 28.4. The van der Waals surface area contributed by atoms with Gasteiger partial charge in [-0.3, -0.25) is 9.47 Å². The molecule has 1 aliphatic heterocycles. The summed E-state index contributed by atoms with van der Waals surface area (Å²) < 4.78 is 9.69. The van der Waals surface area contributed by atoms with E-state index in [4.69, 9.17) is 36.5 Å². The van der Waals surface area contributed by atoms with Gasteiger partial charge in [0.25, 0.3) is 0 Å². The molecule has 45 heavy (non-hydrogen) atoms. The van der Waals surface area contributed by atoms with Crippen molar-refractivity contribution >= 4 is 55.9 Å². The standard InChI is InChI=1S/C33H27ClN8OS2/c34-24-10-4-6-12-26(24)42-29(19-41-21-35-25-11-5-7-13-27(25)41)38-39-33(42)45-32-30-23(22-8-2-1-3-9-22)20-44-31(30)36-28(37-32)18-40-14-16-43-17-15-40/h1-13,20-21H,14-19H2. The van der Waals surface area contributed by atoms with Crippen LogP contribution >= 0.6 is 34.7 Å². The van der Waals surface area contributed by atoms with Gasteiger partial charge in [-0.15, -0.1) is 21.5 Å². The summed E-state index contributed by atoms with van der Waals surface area (Å²) in [7, 11) is 0. The highest BCUT2D eigenvalue weighted by Gasteiger charge is 2.23. The van der Waals surface area contributed by atoms with Crippen molar-refractivity contribution in [3.63, 3.8) is 0 Å². The van der Waals surface area contributed by atoms with E-state index in [2.05, 4.69) is 50.2 Å². The number of ether oxygens (including phenoxy) is 1. The first-order chi connectivity index (χ1) is 22.2. The molecular weight excluding hydrogens is 624 g/mol. The molecule has 0 amide bonds. The first-order valence-electron chi connectivity index (χ1n) is 14.6. The molecule has 3 aromatic carbocycles. The van der Waals surface area contributed by atoms with E-state index < -0.39 is 0 Å². The van der Waals surface area contributed by atoms with Gasteiger partial charge in [-0.2, -0.15) is 0 Å². The predicted octanol–water partition coefficient (Wildman–Crippen LogP) is 6.97. The van der Waals surface area contributed by atoms with Crippen molar-refractivity contribution in [3.8, 4) is 16.8 Å². The van der Waals surface area contributed by atoms with Crippen LogP contribution in [0.3, 0.4) is 0 Å². The van der Waals surface area contributed by atoms with E-state index in [1.165, 1.54) is 11.8 Å². The Balaban J connectivity index is 1.26. The Morgan fingerprint density at radius 3 is 2.53 bits per heavy atom. The van der Waals surface area contributed by atoms with Crippen LogP contribution in [0.1, 0.15) is 11.6 Å². The van der Waals surface area contributed by atoms with Gasteiger partial charge in [0.1, 0.15) is 15.7 Å². The number of aromatic nitrogens is 7. The van der Waals surface area contributed by atoms with Gasteiger partial charge in [0.05, 0.1) is 59.8 Å². The lowest BCUT2D eigenvalue weighted by atomic mass is 10.1. The summed E-state index contributed by atoms with van der Waals surface area (Å²) in [4.78, 5) is 18.1. The summed E-state index contributed by atoms with van der Waals surface area (Å²) >= 11 is 9.94. The van der Waals surface area contributed by atoms with Gasteiger partial charge >= 0.3 is 0 Å². The van der Waals surface area contributed by atoms with Gasteiger partial charge in [-0.05, 0) is 41.6 Å². The van der Waals surface area contributed by atoms with Crippen LogP contribution < -0.4 is 0 Å². The minimum absolute atomic E-state index is 0.467. The second kappa shape index (κ2) is 12.3. The second-order valence-electron chi connectivity index (χ2n) is 10.7. The zero-order chi connectivity index (χ0) is 30.2. The summed E-state index contributed by atoms with van der Waals surface area (Å²) in [5.74, 6) is 1.52. The van der Waals surface area contributed by atoms with Crippen LogP contribution in [0.5, 0.6) is 0 Å². The Hall–Kier alpha value is -4.13. The molecule has 0 spiro atoms. The van der Waals surface area contributed by atoms with E-state index in [0.29, 0.717) is 23.3 Å². The zero-order valence-corrected chi connectivity index (χ0v) is 26.5. The van der Waals surface area contributed by atoms with E-state index in [0.717, 1.165) is 81.0 Å². The molecule has 7 aromatic rings. The topological polar surface area (TPSA) is 86.8 Å². The van der Waals surface area contributed by atoms with Crippen molar-refractivity contribution in [1.82, 2.24) is 39.2 Å². The molecule has 4 aromatic heterocycles. The zero-order valence-electron chi connectivity index (χ0n) is 24.1. The molecule has 0 saturated carbocycles. The minimum Gasteiger partial charge on any atom is -0.379 e. The molecule has 0 atom stereocenters. The molecule has 9 nitrogen and oxygen atoms in total. The van der Waals surface area contributed by atoms with Gasteiger partial charge in [0.15, 0.2) is 5.82 Å². The Morgan fingerprint density at radius 1 is 0.867 bits per heavy atom. The Morgan fingerprint density at radius 2 is 1.67 bits per heavy atom. The first-order valence-corrected chi connectivity index (χ1v) is 16.7. The molecule has 1 saturated heterocycles. The van der Waals surface area contributed by atoms with Crippen molar-refractivity contribution in [2.24, 2.45) is 0 Å². The van der Waals surface area contributed by atoms with E-state index >= 15 is 0 Å². The van der Waals surface area contributed by atoms with Crippen LogP contribution in [-0.4, -0.2) is 65.5 Å². The van der Waals surface area contributed by atoms with Crippen LogP contribution in [0, 0.1) is 0 Å². The minimum atomic E-state index is 0.467. The second-order valence-corrected chi connectivity index (χ2v) is 12.9. The van der Waals surface area contributed by atoms with Crippen LogP contribution in [0.2, 0.25) is 5.02 Å². The average Bonchev–Trinajstić information content (AvgIpc) is 3.80. The van der Waals surface area contributed by atoms with Gasteiger partial charge in [0, 0.05) is 24.0 Å². The number of rotatable bonds is 8. The fraction of sp³-hybridized carbons (Fsp3) is 0.182. The highest BCUT2D eigenvalue weighted by molar-refractivity contribution is 7.99. The maximum atomic E-state index is 6.81. The van der Waals surface area contributed by atoms with E-state index in [1.807, 2.05) is 59.4 Å². The number of hydrogen-bond acceptors (Lipinski definition) is 9. The maximum Gasteiger partial charge on any atom is 0.202 e. The van der Waals surface area contributed by atoms with Gasteiger partial charge in [-0.25, -0.2) is 15.0 Å². The van der Waals surface area contributed by atoms with E-state index in [-0.39, 0.29) is 0 Å². The number of para-hydroxylation sites is 3. The van der Waals surface area contributed by atoms with E-state index in [9.17, 15) is 0 Å². The quantitative estimate of drug-likeness (QED) is 0.163. The lowest BCUT2D eigenvalue weighted by Crippen LogP contribution is -2.36. The fourth-order valence-electron chi connectivity index (χ4n) is 5.60. The highest BCUT2D eigenvalue weighted by Crippen LogP contribution is 2.41. The predicted molar refractivity (Wildman–Crippen MR) is 178 cm³/mol. The number of hydrogen-bond donors (Lipinski definition) is 0. The van der Waals surface area contributed by atoms with Crippen LogP contribution in [-0.2, 0) is 17.8 Å². The molecule has 12 heteroatoms. The SMILES string of the molecule is Clc1ccccc1-n1c(Cn2cnc3ccccc32)nnc1Sc1nc(CN2CCOCC2)nc2scc(-c3ccccc3)c12. The molecule has 224 valence electrons.